The van der Waals surface area contributed by atoms with Gasteiger partial charge in [-0.1, -0.05) is 67.7 Å². The van der Waals surface area contributed by atoms with E-state index in [4.69, 9.17) is 33.2 Å². The second-order valence-corrected chi connectivity index (χ2v) is 26.9. The maximum Gasteiger partial charge on any atom is 0.356 e. The van der Waals surface area contributed by atoms with Crippen LogP contribution in [0.1, 0.15) is 74.1 Å². The zero-order valence-corrected chi connectivity index (χ0v) is 23.0. The molecule has 0 spiro atoms. The first-order chi connectivity index (χ1) is 11.7. The molecule has 0 aliphatic heterocycles. The maximum atomic E-state index is 6.80. The van der Waals surface area contributed by atoms with Crippen LogP contribution in [0.25, 0.3) is 0 Å². The fourth-order valence-electron chi connectivity index (χ4n) is 4.71. The summed E-state index contributed by atoms with van der Waals surface area (Å²) in [7, 11) is -3.20. The highest BCUT2D eigenvalue weighted by molar-refractivity contribution is 7.65. The van der Waals surface area contributed by atoms with Crippen LogP contribution in [-0.4, -0.2) is 32.4 Å². The molecule has 0 bridgehead atoms. The van der Waals surface area contributed by atoms with Gasteiger partial charge in [0, 0.05) is 5.67 Å². The summed E-state index contributed by atoms with van der Waals surface area (Å²) in [4.78, 5) is 0. The molecule has 25 heavy (non-hydrogen) atoms. The number of hydrogen-bond acceptors (Lipinski definition) is 1. The lowest BCUT2D eigenvalue weighted by molar-refractivity contribution is 0.476. The van der Waals surface area contributed by atoms with Crippen LogP contribution in [0.2, 0.25) is 36.3 Å². The summed E-state index contributed by atoms with van der Waals surface area (Å²) in [5, 5.41) is 0. The molecular formula is C18H42Cl3NSi3. The van der Waals surface area contributed by atoms with Crippen molar-refractivity contribution in [3.63, 3.8) is 0 Å². The Morgan fingerprint density at radius 1 is 0.640 bits per heavy atom. The van der Waals surface area contributed by atoms with E-state index in [1.54, 1.807) is 0 Å². The van der Waals surface area contributed by atoms with E-state index in [1.165, 1.54) is 55.5 Å². The number of rotatable bonds is 14. The average molecular weight is 463 g/mol. The van der Waals surface area contributed by atoms with Crippen LogP contribution in [0, 0.1) is 0 Å². The van der Waals surface area contributed by atoms with E-state index in [2.05, 4.69) is 52.7 Å². The molecule has 0 aromatic heterocycles. The monoisotopic (exact) mass is 461 g/mol. The molecule has 0 heterocycles. The van der Waals surface area contributed by atoms with E-state index >= 15 is 0 Å². The lowest BCUT2D eigenvalue weighted by Crippen LogP contribution is -2.72. The molecule has 0 aromatic rings. The molecule has 0 aliphatic carbocycles. The van der Waals surface area contributed by atoms with Gasteiger partial charge in [0.05, 0.1) is 0 Å². The van der Waals surface area contributed by atoms with Gasteiger partial charge in [-0.05, 0) is 42.7 Å². The predicted octanol–water partition coefficient (Wildman–Crippen LogP) is 8.44. The third-order valence-corrected chi connectivity index (χ3v) is 24.2. The Kier molecular flexibility index (Phi) is 12.8. The summed E-state index contributed by atoms with van der Waals surface area (Å²) in [5.41, 5.74) is 0.224. The summed E-state index contributed by atoms with van der Waals surface area (Å²) in [6.45, 7) is 16.6. The van der Waals surface area contributed by atoms with Crippen molar-refractivity contribution in [3.8, 4) is 0 Å². The van der Waals surface area contributed by atoms with Gasteiger partial charge in [-0.2, -0.15) is 0 Å². The van der Waals surface area contributed by atoms with Crippen molar-refractivity contribution in [2.24, 2.45) is 0 Å². The van der Waals surface area contributed by atoms with Gasteiger partial charge in [-0.25, -0.2) is 0 Å². The first-order valence-corrected chi connectivity index (χ1v) is 20.8. The molecule has 1 unspecified atom stereocenters. The Labute approximate surface area is 175 Å². The highest BCUT2D eigenvalue weighted by atomic mass is 35.8. The van der Waals surface area contributed by atoms with Crippen LogP contribution >= 0.6 is 33.2 Å². The molecule has 0 radical (unpaired) electrons. The van der Waals surface area contributed by atoms with Crippen LogP contribution in [0.3, 0.4) is 0 Å². The first kappa shape index (κ1) is 26.5. The van der Waals surface area contributed by atoms with Gasteiger partial charge < -0.3 is 4.23 Å². The number of unbranched alkanes of at least 4 members (excludes halogenated alkanes) is 2. The largest absolute Gasteiger partial charge is 0.356 e. The molecule has 1 nitrogen and oxygen atoms in total. The first-order valence-electron chi connectivity index (χ1n) is 10.5. The lowest BCUT2D eigenvalue weighted by atomic mass is 10.2. The molecule has 0 rings (SSSR count). The number of hydrogen-bond donors (Lipinski definition) is 0. The average Bonchev–Trinajstić information content (AvgIpc) is 2.60. The molecule has 0 aromatic carbocycles. The molecule has 0 amide bonds. The normalized spacial score (nSPS) is 15.0. The quantitative estimate of drug-likeness (QED) is 0.142. The van der Waals surface area contributed by atoms with Gasteiger partial charge in [0.2, 0.25) is 0 Å². The van der Waals surface area contributed by atoms with Crippen molar-refractivity contribution in [1.29, 1.82) is 0 Å². The SMILES string of the molecule is CCCCCC(N([Si](CC)(CC)CC)[Si](CC)(CC)CC)[Si](Cl)(Cl)Cl. The highest BCUT2D eigenvalue weighted by Crippen LogP contribution is 2.43. The zero-order chi connectivity index (χ0) is 19.7. The molecule has 0 N–H and O–H groups in total. The number of halogens is 3. The molecule has 152 valence electrons. The second-order valence-electron chi connectivity index (χ2n) is 7.49. The molecule has 0 saturated heterocycles. The van der Waals surface area contributed by atoms with Gasteiger partial charge in [-0.15, -0.1) is 33.2 Å². The predicted molar refractivity (Wildman–Crippen MR) is 127 cm³/mol. The Balaban J connectivity index is 6.29. The van der Waals surface area contributed by atoms with Crippen molar-refractivity contribution in [1.82, 2.24) is 4.23 Å². The summed E-state index contributed by atoms with van der Waals surface area (Å²) in [6, 6.07) is 4.91. The molecule has 0 aliphatic rings. The van der Waals surface area contributed by atoms with E-state index in [-0.39, 0.29) is 5.67 Å². The minimum absolute atomic E-state index is 0.224. The third kappa shape index (κ3) is 6.50. The summed E-state index contributed by atoms with van der Waals surface area (Å²) >= 11 is 20.4. The van der Waals surface area contributed by atoms with Crippen LogP contribution in [0.4, 0.5) is 0 Å². The van der Waals surface area contributed by atoms with Gasteiger partial charge in [-0.3, -0.25) is 0 Å². The Morgan fingerprint density at radius 3 is 1.24 bits per heavy atom. The Morgan fingerprint density at radius 2 is 1.00 bits per heavy atom. The summed E-state index contributed by atoms with van der Waals surface area (Å²) in [5.74, 6) is 0. The summed E-state index contributed by atoms with van der Waals surface area (Å²) < 4.78 is 3.02. The molecule has 7 heteroatoms. The molecular weight excluding hydrogens is 421 g/mol. The van der Waals surface area contributed by atoms with Crippen molar-refractivity contribution in [2.75, 3.05) is 0 Å². The summed E-state index contributed by atoms with van der Waals surface area (Å²) in [6.07, 6.45) is 4.75. The fraction of sp³-hybridized carbons (Fsp3) is 1.00. The van der Waals surface area contributed by atoms with Crippen molar-refractivity contribution in [3.05, 3.63) is 0 Å². The van der Waals surface area contributed by atoms with Crippen LogP contribution in [-0.2, 0) is 0 Å². The molecule has 0 fully saturated rings. The Bertz CT molecular complexity index is 319. The molecule has 0 saturated carbocycles. The van der Waals surface area contributed by atoms with E-state index in [1.807, 2.05) is 0 Å². The van der Waals surface area contributed by atoms with Gasteiger partial charge >= 0.3 is 6.00 Å². The van der Waals surface area contributed by atoms with Crippen molar-refractivity contribution < 1.29 is 0 Å². The van der Waals surface area contributed by atoms with E-state index < -0.39 is 22.5 Å². The third-order valence-electron chi connectivity index (χ3n) is 6.74. The minimum atomic E-state index is -2.80. The van der Waals surface area contributed by atoms with Gasteiger partial charge in [0.1, 0.15) is 16.5 Å². The topological polar surface area (TPSA) is 3.24 Å². The lowest BCUT2D eigenvalue weighted by Gasteiger charge is -2.57. The smallest absolute Gasteiger partial charge is 0.342 e. The molecule has 1 atom stereocenters. The minimum Gasteiger partial charge on any atom is -0.342 e. The van der Waals surface area contributed by atoms with E-state index in [9.17, 15) is 0 Å². The van der Waals surface area contributed by atoms with Gasteiger partial charge in [0.25, 0.3) is 0 Å². The number of nitrogens with zero attached hydrogens (tertiary/aromatic N) is 1. The van der Waals surface area contributed by atoms with Crippen LogP contribution in [0.5, 0.6) is 0 Å². The second kappa shape index (κ2) is 12.1. The highest BCUT2D eigenvalue weighted by Gasteiger charge is 2.54. The van der Waals surface area contributed by atoms with Crippen molar-refractivity contribution in [2.45, 2.75) is 116 Å². The van der Waals surface area contributed by atoms with Crippen LogP contribution < -0.4 is 0 Å². The van der Waals surface area contributed by atoms with E-state index in [0.717, 1.165) is 6.42 Å². The maximum absolute atomic E-state index is 6.80. The Hall–Kier alpha value is 1.48. The van der Waals surface area contributed by atoms with Crippen molar-refractivity contribution >= 4 is 55.7 Å². The standard InChI is InChI=1S/C18H42Cl3NSi3/c1-8-15-16-17-18(25(19,20)21)22(23(9-2,10-3)11-4)24(12-5,13-6)14-7/h18H,8-17H2,1-7H3. The fourth-order valence-corrected chi connectivity index (χ4v) is 25.2. The zero-order valence-electron chi connectivity index (χ0n) is 17.7. The van der Waals surface area contributed by atoms with Gasteiger partial charge in [0.15, 0.2) is 0 Å². The van der Waals surface area contributed by atoms with Crippen LogP contribution in [0.15, 0.2) is 0 Å². The van der Waals surface area contributed by atoms with E-state index in [0.29, 0.717) is 0 Å².